The van der Waals surface area contributed by atoms with Gasteiger partial charge in [0.2, 0.25) is 11.2 Å². The fourth-order valence-electron chi connectivity index (χ4n) is 2.49. The van der Waals surface area contributed by atoms with E-state index in [2.05, 4.69) is 0 Å². The molecule has 3 rings (SSSR count). The number of nitrogens with one attached hydrogen (secondary N) is 1. The van der Waals surface area contributed by atoms with E-state index in [4.69, 9.17) is 11.2 Å². The lowest BCUT2D eigenvalue weighted by molar-refractivity contribution is -0.170. The fraction of sp³-hybridized carbons (Fsp3) is 0.455. The van der Waals surface area contributed by atoms with Gasteiger partial charge in [-0.15, -0.1) is 6.42 Å². The van der Waals surface area contributed by atoms with Crippen LogP contribution in [-0.4, -0.2) is 48.0 Å². The Hall–Kier alpha value is -1.99. The number of rotatable bonds is 1. The molecule has 0 bridgehead atoms. The van der Waals surface area contributed by atoms with Crippen molar-refractivity contribution in [2.24, 2.45) is 0 Å². The van der Waals surface area contributed by atoms with Gasteiger partial charge in [0.1, 0.15) is 0 Å². The zero-order valence-electron chi connectivity index (χ0n) is 9.78. The molecule has 2 aliphatic rings. The first-order valence-electron chi connectivity index (χ1n) is 5.51. The first kappa shape index (κ1) is 13.0. The highest BCUT2D eigenvalue weighted by molar-refractivity contribution is 5.42. The highest BCUT2D eigenvalue weighted by Crippen LogP contribution is 2.67. The maximum absolute atomic E-state index is 14.1. The van der Waals surface area contributed by atoms with Crippen LogP contribution in [0.4, 0.5) is 4.39 Å². The van der Waals surface area contributed by atoms with Gasteiger partial charge < -0.3 is 20.1 Å². The number of nitrogens with zero attached hydrogens (tertiary/aromatic N) is 1. The molecule has 1 aliphatic carbocycles. The van der Waals surface area contributed by atoms with Gasteiger partial charge in [-0.05, 0) is 0 Å². The van der Waals surface area contributed by atoms with Gasteiger partial charge in [-0.1, -0.05) is 5.92 Å². The fourth-order valence-corrected chi connectivity index (χ4v) is 2.49. The summed E-state index contributed by atoms with van der Waals surface area (Å²) < 4.78 is 19.5. The van der Waals surface area contributed by atoms with Gasteiger partial charge in [0.05, 0.1) is 0 Å². The molecule has 4 N–H and O–H groups in total. The van der Waals surface area contributed by atoms with Crippen LogP contribution in [-0.2, 0) is 4.74 Å². The Morgan fingerprint density at radius 1 is 1.50 bits per heavy atom. The molecule has 0 amide bonds. The van der Waals surface area contributed by atoms with Crippen molar-refractivity contribution in [3.05, 3.63) is 33.1 Å². The van der Waals surface area contributed by atoms with E-state index in [0.717, 1.165) is 12.3 Å². The third kappa shape index (κ3) is 1.11. The Morgan fingerprint density at radius 2 is 2.15 bits per heavy atom. The summed E-state index contributed by atoms with van der Waals surface area (Å²) in [5, 5.41) is 29.6. The van der Waals surface area contributed by atoms with E-state index in [1.165, 1.54) is 0 Å². The predicted octanol–water partition coefficient (Wildman–Crippen LogP) is -2.80. The smallest absolute Gasteiger partial charge is 0.330 e. The summed E-state index contributed by atoms with van der Waals surface area (Å²) >= 11 is 0. The zero-order valence-corrected chi connectivity index (χ0v) is 9.78. The Bertz CT molecular complexity index is 752. The van der Waals surface area contributed by atoms with Crippen molar-refractivity contribution >= 4 is 0 Å². The van der Waals surface area contributed by atoms with E-state index in [0.29, 0.717) is 4.57 Å². The molecule has 1 saturated carbocycles. The van der Waals surface area contributed by atoms with E-state index in [9.17, 15) is 29.3 Å². The van der Waals surface area contributed by atoms with E-state index < -0.39 is 40.6 Å². The number of alkyl halides is 1. The van der Waals surface area contributed by atoms with Crippen LogP contribution in [0.25, 0.3) is 0 Å². The van der Waals surface area contributed by atoms with Crippen molar-refractivity contribution in [3.8, 4) is 12.3 Å². The van der Waals surface area contributed by atoms with Crippen LogP contribution in [0.2, 0.25) is 0 Å². The molecule has 1 aromatic heterocycles. The SMILES string of the molecule is C#C[C@]1(O)[C@H](n2ccc(=O)[nH]c2=O)O[C@]2(F)C(O)[C@@]21O. The van der Waals surface area contributed by atoms with Crippen LogP contribution in [0.3, 0.4) is 0 Å². The number of H-pyrrole nitrogens is 1. The minimum Gasteiger partial charge on any atom is -0.384 e. The second-order valence-electron chi connectivity index (χ2n) is 4.71. The number of halogens is 1. The molecule has 1 aliphatic heterocycles. The topological polar surface area (TPSA) is 125 Å². The largest absolute Gasteiger partial charge is 0.384 e. The van der Waals surface area contributed by atoms with Crippen molar-refractivity contribution in [2.75, 3.05) is 0 Å². The third-order valence-corrected chi connectivity index (χ3v) is 3.73. The lowest BCUT2D eigenvalue weighted by Crippen LogP contribution is -2.52. The number of hydrogen-bond acceptors (Lipinski definition) is 6. The molecule has 2 heterocycles. The van der Waals surface area contributed by atoms with Crippen LogP contribution in [0, 0.1) is 12.3 Å². The Labute approximate surface area is 110 Å². The number of aromatic amines is 1. The minimum atomic E-state index is -2.98. The molecular weight excluding hydrogens is 275 g/mol. The maximum atomic E-state index is 14.1. The molecule has 0 spiro atoms. The average Bonchev–Trinajstić information content (AvgIpc) is 2.74. The van der Waals surface area contributed by atoms with Gasteiger partial charge in [-0.2, -0.15) is 0 Å². The molecular formula is C11H9FN2O6. The first-order valence-corrected chi connectivity index (χ1v) is 5.51. The number of terminal acetylenes is 1. The first-order chi connectivity index (χ1) is 9.22. The summed E-state index contributed by atoms with van der Waals surface area (Å²) in [6, 6.07) is 0.928. The van der Waals surface area contributed by atoms with Gasteiger partial charge >= 0.3 is 5.69 Å². The van der Waals surface area contributed by atoms with Crippen LogP contribution in [0.15, 0.2) is 21.9 Å². The second kappa shape index (κ2) is 3.36. The van der Waals surface area contributed by atoms with Crippen LogP contribution in [0.1, 0.15) is 6.23 Å². The number of ether oxygens (including phenoxy) is 1. The molecule has 5 atom stereocenters. The number of aromatic nitrogens is 2. The summed E-state index contributed by atoms with van der Waals surface area (Å²) in [6.07, 6.45) is 2.19. The van der Waals surface area contributed by atoms with E-state index in [1.54, 1.807) is 5.92 Å². The molecule has 0 radical (unpaired) electrons. The van der Waals surface area contributed by atoms with Crippen molar-refractivity contribution in [1.82, 2.24) is 9.55 Å². The third-order valence-electron chi connectivity index (χ3n) is 3.73. The molecule has 1 aromatic rings. The molecule has 9 heteroatoms. The normalized spacial score (nSPS) is 45.8. The average molecular weight is 284 g/mol. The Balaban J connectivity index is 2.16. The van der Waals surface area contributed by atoms with Crippen LogP contribution < -0.4 is 11.2 Å². The highest BCUT2D eigenvalue weighted by Gasteiger charge is 2.95. The van der Waals surface area contributed by atoms with Crippen molar-refractivity contribution in [1.29, 1.82) is 0 Å². The van der Waals surface area contributed by atoms with Gasteiger partial charge in [0.15, 0.2) is 12.3 Å². The molecule has 2 fully saturated rings. The van der Waals surface area contributed by atoms with E-state index >= 15 is 0 Å². The molecule has 8 nitrogen and oxygen atoms in total. The zero-order chi connectivity index (χ0) is 14.9. The van der Waals surface area contributed by atoms with E-state index in [1.807, 2.05) is 4.98 Å². The lowest BCUT2D eigenvalue weighted by atomic mass is 9.93. The Kier molecular flexibility index (Phi) is 2.19. The molecule has 20 heavy (non-hydrogen) atoms. The van der Waals surface area contributed by atoms with Crippen LogP contribution >= 0.6 is 0 Å². The minimum absolute atomic E-state index is 0.624. The molecule has 1 unspecified atom stereocenters. The summed E-state index contributed by atoms with van der Waals surface area (Å²) in [5.41, 5.74) is -7.15. The summed E-state index contributed by atoms with van der Waals surface area (Å²) in [4.78, 5) is 24.5. The number of aliphatic hydroxyl groups is 3. The standard InChI is InChI=1S/C11H9FN2O6/c1-2-9(18)7(14-4-3-5(15)13-8(14)17)20-11(12)6(16)10(9,11)19/h1,3-4,6-7,16,18-19H,(H,13,15,17)/t6?,7-,9+,10+,11-/m1/s1. The number of aliphatic hydroxyl groups excluding tert-OH is 1. The van der Waals surface area contributed by atoms with Crippen molar-refractivity contribution in [2.45, 2.75) is 29.4 Å². The number of fused-ring (bicyclic) bond motifs is 1. The lowest BCUT2D eigenvalue weighted by Gasteiger charge is -2.30. The quantitative estimate of drug-likeness (QED) is 0.413. The van der Waals surface area contributed by atoms with Crippen LogP contribution in [0.5, 0.6) is 0 Å². The highest BCUT2D eigenvalue weighted by atomic mass is 19.2. The van der Waals surface area contributed by atoms with Gasteiger partial charge in [-0.3, -0.25) is 14.3 Å². The Morgan fingerprint density at radius 3 is 2.70 bits per heavy atom. The second-order valence-corrected chi connectivity index (χ2v) is 4.71. The van der Waals surface area contributed by atoms with Gasteiger partial charge in [0.25, 0.3) is 11.4 Å². The molecule has 1 saturated heterocycles. The van der Waals surface area contributed by atoms with E-state index in [-0.39, 0.29) is 0 Å². The summed E-state index contributed by atoms with van der Waals surface area (Å²) in [6.45, 7) is 0. The maximum Gasteiger partial charge on any atom is 0.330 e. The monoisotopic (exact) mass is 284 g/mol. The van der Waals surface area contributed by atoms with Gasteiger partial charge in [0, 0.05) is 12.3 Å². The van der Waals surface area contributed by atoms with Gasteiger partial charge in [-0.25, -0.2) is 9.18 Å². The summed E-state index contributed by atoms with van der Waals surface area (Å²) in [7, 11) is 0. The predicted molar refractivity (Wildman–Crippen MR) is 60.0 cm³/mol. The summed E-state index contributed by atoms with van der Waals surface area (Å²) in [5.74, 6) is -1.23. The van der Waals surface area contributed by atoms with Crippen molar-refractivity contribution < 1.29 is 24.4 Å². The molecule has 106 valence electrons. The molecule has 0 aromatic carbocycles. The van der Waals surface area contributed by atoms with Crippen molar-refractivity contribution in [3.63, 3.8) is 0 Å². The number of hydrogen-bond donors (Lipinski definition) is 4.